The SMILES string of the molecule is Cc1cc(NC(C)C2CC2)ncc1Br. The maximum absolute atomic E-state index is 4.33. The zero-order chi connectivity index (χ0) is 10.1. The standard InChI is InChI=1S/C11H15BrN2/c1-7-5-11(13-6-10(7)12)14-8(2)9-3-4-9/h5-6,8-9H,3-4H2,1-2H3,(H,13,14). The summed E-state index contributed by atoms with van der Waals surface area (Å²) >= 11 is 3.45. The second-order valence-corrected chi connectivity index (χ2v) is 4.94. The van der Waals surface area contributed by atoms with Crippen molar-refractivity contribution in [2.75, 3.05) is 5.32 Å². The molecular formula is C11H15BrN2. The minimum atomic E-state index is 0.558. The Labute approximate surface area is 93.3 Å². The molecule has 0 spiro atoms. The summed E-state index contributed by atoms with van der Waals surface area (Å²) in [6, 6.07) is 2.64. The van der Waals surface area contributed by atoms with Gasteiger partial charge in [0.1, 0.15) is 5.82 Å². The molecule has 1 fully saturated rings. The van der Waals surface area contributed by atoms with Crippen LogP contribution in [0.2, 0.25) is 0 Å². The molecule has 0 aliphatic heterocycles. The van der Waals surface area contributed by atoms with Crippen molar-refractivity contribution in [3.63, 3.8) is 0 Å². The van der Waals surface area contributed by atoms with Crippen LogP contribution in [0.25, 0.3) is 0 Å². The van der Waals surface area contributed by atoms with E-state index in [1.165, 1.54) is 18.4 Å². The third-order valence-corrected chi connectivity index (χ3v) is 3.58. The van der Waals surface area contributed by atoms with Crippen molar-refractivity contribution in [3.05, 3.63) is 22.3 Å². The van der Waals surface area contributed by atoms with E-state index < -0.39 is 0 Å². The van der Waals surface area contributed by atoms with Crippen LogP contribution in [0.3, 0.4) is 0 Å². The molecular weight excluding hydrogens is 240 g/mol. The van der Waals surface area contributed by atoms with Gasteiger partial charge in [0.15, 0.2) is 0 Å². The van der Waals surface area contributed by atoms with Crippen LogP contribution >= 0.6 is 15.9 Å². The second kappa shape index (κ2) is 3.89. The molecule has 76 valence electrons. The van der Waals surface area contributed by atoms with Gasteiger partial charge in [0.05, 0.1) is 0 Å². The molecule has 1 aliphatic rings. The first-order valence-corrected chi connectivity index (χ1v) is 5.85. The highest BCUT2D eigenvalue weighted by Gasteiger charge is 2.27. The van der Waals surface area contributed by atoms with E-state index in [0.29, 0.717) is 6.04 Å². The molecule has 1 aromatic rings. The Morgan fingerprint density at radius 2 is 2.29 bits per heavy atom. The summed E-state index contributed by atoms with van der Waals surface area (Å²) in [5, 5.41) is 3.44. The van der Waals surface area contributed by atoms with Gasteiger partial charge in [-0.15, -0.1) is 0 Å². The van der Waals surface area contributed by atoms with Gasteiger partial charge in [-0.3, -0.25) is 0 Å². The minimum absolute atomic E-state index is 0.558. The first-order valence-electron chi connectivity index (χ1n) is 5.05. The van der Waals surface area contributed by atoms with Crippen molar-refractivity contribution in [1.82, 2.24) is 4.98 Å². The number of hydrogen-bond donors (Lipinski definition) is 1. The highest BCUT2D eigenvalue weighted by atomic mass is 79.9. The van der Waals surface area contributed by atoms with E-state index in [-0.39, 0.29) is 0 Å². The lowest BCUT2D eigenvalue weighted by Gasteiger charge is -2.13. The van der Waals surface area contributed by atoms with Gasteiger partial charge in [0.25, 0.3) is 0 Å². The van der Waals surface area contributed by atoms with Crippen molar-refractivity contribution in [2.45, 2.75) is 32.7 Å². The van der Waals surface area contributed by atoms with E-state index in [1.807, 2.05) is 6.20 Å². The summed E-state index contributed by atoms with van der Waals surface area (Å²) in [4.78, 5) is 4.33. The molecule has 2 rings (SSSR count). The topological polar surface area (TPSA) is 24.9 Å². The van der Waals surface area contributed by atoms with Gasteiger partial charge in [-0.1, -0.05) is 0 Å². The number of nitrogens with one attached hydrogen (secondary N) is 1. The first kappa shape index (κ1) is 9.97. The fraction of sp³-hybridized carbons (Fsp3) is 0.545. The summed E-state index contributed by atoms with van der Waals surface area (Å²) in [5.41, 5.74) is 1.23. The van der Waals surface area contributed by atoms with Crippen molar-refractivity contribution in [3.8, 4) is 0 Å². The van der Waals surface area contributed by atoms with Gasteiger partial charge >= 0.3 is 0 Å². The lowest BCUT2D eigenvalue weighted by Crippen LogP contribution is -2.18. The molecule has 1 heterocycles. The van der Waals surface area contributed by atoms with E-state index in [2.05, 4.69) is 46.1 Å². The lowest BCUT2D eigenvalue weighted by molar-refractivity contribution is 0.690. The van der Waals surface area contributed by atoms with Crippen LogP contribution < -0.4 is 5.32 Å². The lowest BCUT2D eigenvalue weighted by atomic mass is 10.2. The molecule has 1 unspecified atom stereocenters. The monoisotopic (exact) mass is 254 g/mol. The molecule has 2 nitrogen and oxygen atoms in total. The normalized spacial score (nSPS) is 17.9. The number of halogens is 1. The zero-order valence-electron chi connectivity index (χ0n) is 8.55. The molecule has 0 saturated heterocycles. The summed E-state index contributed by atoms with van der Waals surface area (Å²) < 4.78 is 1.07. The van der Waals surface area contributed by atoms with Crippen molar-refractivity contribution < 1.29 is 0 Å². The van der Waals surface area contributed by atoms with E-state index in [9.17, 15) is 0 Å². The number of aryl methyl sites for hydroxylation is 1. The quantitative estimate of drug-likeness (QED) is 0.895. The highest BCUT2D eigenvalue weighted by molar-refractivity contribution is 9.10. The summed E-state index contributed by atoms with van der Waals surface area (Å²) in [5.74, 6) is 1.85. The molecule has 1 N–H and O–H groups in total. The smallest absolute Gasteiger partial charge is 0.126 e. The average Bonchev–Trinajstić information content (AvgIpc) is 2.94. The predicted molar refractivity (Wildman–Crippen MR) is 62.5 cm³/mol. The molecule has 1 aliphatic carbocycles. The summed E-state index contributed by atoms with van der Waals surface area (Å²) in [6.07, 6.45) is 4.59. The Bertz CT molecular complexity index is 334. The average molecular weight is 255 g/mol. The van der Waals surface area contributed by atoms with Crippen LogP contribution in [0.4, 0.5) is 5.82 Å². The van der Waals surface area contributed by atoms with Crippen LogP contribution in [0, 0.1) is 12.8 Å². The van der Waals surface area contributed by atoms with Gasteiger partial charge < -0.3 is 5.32 Å². The van der Waals surface area contributed by atoms with Gasteiger partial charge in [-0.25, -0.2) is 4.98 Å². The van der Waals surface area contributed by atoms with E-state index >= 15 is 0 Å². The van der Waals surface area contributed by atoms with Crippen LogP contribution in [0.1, 0.15) is 25.3 Å². The molecule has 0 amide bonds. The maximum Gasteiger partial charge on any atom is 0.126 e. The predicted octanol–water partition coefficient (Wildman–Crippen LogP) is 3.36. The molecule has 0 aromatic carbocycles. The molecule has 0 bridgehead atoms. The fourth-order valence-electron chi connectivity index (χ4n) is 1.57. The Kier molecular flexibility index (Phi) is 2.77. The molecule has 0 radical (unpaired) electrons. The van der Waals surface area contributed by atoms with Crippen LogP contribution in [0.5, 0.6) is 0 Å². The molecule has 1 saturated carbocycles. The number of rotatable bonds is 3. The third kappa shape index (κ3) is 2.27. The Morgan fingerprint density at radius 3 is 2.86 bits per heavy atom. The molecule has 1 aromatic heterocycles. The Hall–Kier alpha value is -0.570. The molecule has 14 heavy (non-hydrogen) atoms. The van der Waals surface area contributed by atoms with E-state index in [1.54, 1.807) is 0 Å². The fourth-order valence-corrected chi connectivity index (χ4v) is 1.78. The van der Waals surface area contributed by atoms with E-state index in [0.717, 1.165) is 16.2 Å². The van der Waals surface area contributed by atoms with Crippen molar-refractivity contribution in [2.24, 2.45) is 5.92 Å². The van der Waals surface area contributed by atoms with Gasteiger partial charge in [-0.05, 0) is 60.2 Å². The van der Waals surface area contributed by atoms with E-state index in [4.69, 9.17) is 0 Å². The molecule has 1 atom stereocenters. The Morgan fingerprint density at radius 1 is 1.57 bits per heavy atom. The van der Waals surface area contributed by atoms with Crippen molar-refractivity contribution in [1.29, 1.82) is 0 Å². The van der Waals surface area contributed by atoms with Gasteiger partial charge in [0.2, 0.25) is 0 Å². The second-order valence-electron chi connectivity index (χ2n) is 4.09. The Balaban J connectivity index is 2.04. The highest BCUT2D eigenvalue weighted by Crippen LogP contribution is 2.33. The number of pyridine rings is 1. The van der Waals surface area contributed by atoms with Crippen LogP contribution in [-0.2, 0) is 0 Å². The number of hydrogen-bond acceptors (Lipinski definition) is 2. The molecule has 3 heteroatoms. The maximum atomic E-state index is 4.33. The number of aromatic nitrogens is 1. The van der Waals surface area contributed by atoms with Crippen LogP contribution in [0.15, 0.2) is 16.7 Å². The number of anilines is 1. The van der Waals surface area contributed by atoms with Crippen LogP contribution in [-0.4, -0.2) is 11.0 Å². The minimum Gasteiger partial charge on any atom is -0.367 e. The summed E-state index contributed by atoms with van der Waals surface area (Å²) in [6.45, 7) is 4.31. The largest absolute Gasteiger partial charge is 0.367 e. The first-order chi connectivity index (χ1) is 6.66. The summed E-state index contributed by atoms with van der Waals surface area (Å²) in [7, 11) is 0. The number of nitrogens with zero attached hydrogens (tertiary/aromatic N) is 1. The third-order valence-electron chi connectivity index (χ3n) is 2.75. The van der Waals surface area contributed by atoms with Gasteiger partial charge in [-0.2, -0.15) is 0 Å². The van der Waals surface area contributed by atoms with Gasteiger partial charge in [0, 0.05) is 16.7 Å². The zero-order valence-corrected chi connectivity index (χ0v) is 10.1. The van der Waals surface area contributed by atoms with Crippen molar-refractivity contribution >= 4 is 21.7 Å².